The Kier molecular flexibility index (Phi) is 4.99. The Balaban J connectivity index is 2.07. The van der Waals surface area contributed by atoms with Gasteiger partial charge in [-0.3, -0.25) is 0 Å². The van der Waals surface area contributed by atoms with Crippen LogP contribution in [0.2, 0.25) is 0 Å². The van der Waals surface area contributed by atoms with Crippen molar-refractivity contribution in [3.63, 3.8) is 0 Å². The molecule has 2 unspecified atom stereocenters. The molecular weight excluding hydrogens is 257 g/mol. The van der Waals surface area contributed by atoms with Gasteiger partial charge in [-0.2, -0.15) is 0 Å². The highest BCUT2D eigenvalue weighted by molar-refractivity contribution is 5.90. The summed E-state index contributed by atoms with van der Waals surface area (Å²) in [6.07, 6.45) is 5.99. The van der Waals surface area contributed by atoms with Crippen LogP contribution in [0.3, 0.4) is 0 Å². The van der Waals surface area contributed by atoms with Gasteiger partial charge in [0.1, 0.15) is 5.82 Å². The average molecular weight is 279 g/mol. The van der Waals surface area contributed by atoms with Crippen molar-refractivity contribution < 1.29 is 13.9 Å². The maximum atomic E-state index is 13.6. The number of carbonyl (C=O) groups excluding carboxylic acids is 1. The van der Waals surface area contributed by atoms with Crippen molar-refractivity contribution in [1.29, 1.82) is 0 Å². The standard InChI is InChI=1S/C16H22FNO2/c1-3-11-5-4-6-12(9-11)18-13-7-8-15(17)14(10-13)16(19)20-2/h7-8,10-12,18H,3-6,9H2,1-2H3. The summed E-state index contributed by atoms with van der Waals surface area (Å²) < 4.78 is 18.2. The van der Waals surface area contributed by atoms with E-state index in [-0.39, 0.29) is 5.56 Å². The summed E-state index contributed by atoms with van der Waals surface area (Å²) in [5.74, 6) is -0.416. The topological polar surface area (TPSA) is 38.3 Å². The zero-order chi connectivity index (χ0) is 14.5. The maximum Gasteiger partial charge on any atom is 0.340 e. The summed E-state index contributed by atoms with van der Waals surface area (Å²) >= 11 is 0. The highest BCUT2D eigenvalue weighted by atomic mass is 19.1. The van der Waals surface area contributed by atoms with Crippen molar-refractivity contribution in [3.8, 4) is 0 Å². The molecular formula is C16H22FNO2. The van der Waals surface area contributed by atoms with Crippen LogP contribution in [0.1, 0.15) is 49.4 Å². The van der Waals surface area contributed by atoms with Crippen molar-refractivity contribution >= 4 is 11.7 Å². The first kappa shape index (κ1) is 14.8. The number of anilines is 1. The lowest BCUT2D eigenvalue weighted by atomic mass is 9.84. The molecule has 1 saturated carbocycles. The Morgan fingerprint density at radius 3 is 2.95 bits per heavy atom. The van der Waals surface area contributed by atoms with Crippen molar-refractivity contribution in [2.24, 2.45) is 5.92 Å². The Morgan fingerprint density at radius 1 is 1.45 bits per heavy atom. The molecule has 2 rings (SSSR count). The van der Waals surface area contributed by atoms with Gasteiger partial charge in [-0.15, -0.1) is 0 Å². The summed E-state index contributed by atoms with van der Waals surface area (Å²) in [6.45, 7) is 2.22. The fourth-order valence-corrected chi connectivity index (χ4v) is 2.91. The summed E-state index contributed by atoms with van der Waals surface area (Å²) in [7, 11) is 1.26. The molecule has 20 heavy (non-hydrogen) atoms. The minimum absolute atomic E-state index is 0.0136. The highest BCUT2D eigenvalue weighted by Crippen LogP contribution is 2.29. The predicted molar refractivity (Wildman–Crippen MR) is 77.4 cm³/mol. The largest absolute Gasteiger partial charge is 0.465 e. The fraction of sp³-hybridized carbons (Fsp3) is 0.562. The quantitative estimate of drug-likeness (QED) is 0.847. The van der Waals surface area contributed by atoms with E-state index >= 15 is 0 Å². The van der Waals surface area contributed by atoms with Gasteiger partial charge in [0.25, 0.3) is 0 Å². The number of ether oxygens (including phenoxy) is 1. The molecule has 1 aliphatic rings. The molecule has 1 aromatic carbocycles. The van der Waals surface area contributed by atoms with E-state index in [9.17, 15) is 9.18 Å². The number of benzene rings is 1. The molecule has 0 radical (unpaired) electrons. The molecule has 1 N–H and O–H groups in total. The van der Waals surface area contributed by atoms with Gasteiger partial charge in [0, 0.05) is 11.7 Å². The molecule has 110 valence electrons. The van der Waals surface area contributed by atoms with Crippen LogP contribution < -0.4 is 5.32 Å². The van der Waals surface area contributed by atoms with Crippen LogP contribution >= 0.6 is 0 Å². The number of carbonyl (C=O) groups is 1. The third kappa shape index (κ3) is 3.50. The molecule has 1 fully saturated rings. The van der Waals surface area contributed by atoms with Crippen LogP contribution in [0.25, 0.3) is 0 Å². The lowest BCUT2D eigenvalue weighted by Gasteiger charge is -2.30. The molecule has 0 bridgehead atoms. The molecule has 0 aliphatic heterocycles. The average Bonchev–Trinajstić information content (AvgIpc) is 2.48. The number of halogens is 1. The van der Waals surface area contributed by atoms with E-state index in [2.05, 4.69) is 17.0 Å². The molecule has 0 spiro atoms. The lowest BCUT2D eigenvalue weighted by molar-refractivity contribution is 0.0595. The number of hydrogen-bond donors (Lipinski definition) is 1. The van der Waals surface area contributed by atoms with E-state index in [1.807, 2.05) is 0 Å². The van der Waals surface area contributed by atoms with Gasteiger partial charge >= 0.3 is 5.97 Å². The van der Waals surface area contributed by atoms with Gasteiger partial charge in [0.15, 0.2) is 0 Å². The highest BCUT2D eigenvalue weighted by Gasteiger charge is 2.21. The summed E-state index contributed by atoms with van der Waals surface area (Å²) in [4.78, 5) is 11.5. The van der Waals surface area contributed by atoms with E-state index in [0.717, 1.165) is 24.4 Å². The van der Waals surface area contributed by atoms with Crippen molar-refractivity contribution in [3.05, 3.63) is 29.6 Å². The third-order valence-corrected chi connectivity index (χ3v) is 4.10. The fourth-order valence-electron chi connectivity index (χ4n) is 2.91. The van der Waals surface area contributed by atoms with Crippen LogP contribution in [0.5, 0.6) is 0 Å². The molecule has 0 aromatic heterocycles. The van der Waals surface area contributed by atoms with Crippen molar-refractivity contribution in [2.75, 3.05) is 12.4 Å². The van der Waals surface area contributed by atoms with E-state index < -0.39 is 11.8 Å². The Labute approximate surface area is 119 Å². The minimum atomic E-state index is -0.638. The Hall–Kier alpha value is -1.58. The van der Waals surface area contributed by atoms with Crippen LogP contribution in [0.4, 0.5) is 10.1 Å². The molecule has 3 nitrogen and oxygen atoms in total. The molecule has 1 aliphatic carbocycles. The zero-order valence-electron chi connectivity index (χ0n) is 12.1. The van der Waals surface area contributed by atoms with E-state index in [4.69, 9.17) is 0 Å². The second-order valence-corrected chi connectivity index (χ2v) is 5.47. The monoisotopic (exact) mass is 279 g/mol. The van der Waals surface area contributed by atoms with E-state index in [1.165, 1.54) is 38.5 Å². The van der Waals surface area contributed by atoms with Crippen molar-refractivity contribution in [2.45, 2.75) is 45.1 Å². The number of methoxy groups -OCH3 is 1. The summed E-state index contributed by atoms with van der Waals surface area (Å²) in [5.41, 5.74) is 0.772. The summed E-state index contributed by atoms with van der Waals surface area (Å²) in [5, 5.41) is 3.42. The van der Waals surface area contributed by atoms with E-state index in [0.29, 0.717) is 6.04 Å². The first-order chi connectivity index (χ1) is 9.63. The first-order valence-corrected chi connectivity index (χ1v) is 7.28. The SMILES string of the molecule is CCC1CCCC(Nc2ccc(F)c(C(=O)OC)c2)C1. The molecule has 4 heteroatoms. The maximum absolute atomic E-state index is 13.6. The van der Waals surface area contributed by atoms with Crippen LogP contribution in [0.15, 0.2) is 18.2 Å². The normalized spacial score (nSPS) is 22.4. The lowest BCUT2D eigenvalue weighted by Crippen LogP contribution is -2.27. The minimum Gasteiger partial charge on any atom is -0.465 e. The number of rotatable bonds is 4. The van der Waals surface area contributed by atoms with Gasteiger partial charge in [0.2, 0.25) is 0 Å². The number of hydrogen-bond acceptors (Lipinski definition) is 3. The van der Waals surface area contributed by atoms with Crippen LogP contribution in [-0.4, -0.2) is 19.1 Å². The summed E-state index contributed by atoms with van der Waals surface area (Å²) in [6, 6.07) is 4.94. The second kappa shape index (κ2) is 6.73. The van der Waals surface area contributed by atoms with Crippen LogP contribution in [-0.2, 0) is 4.74 Å². The third-order valence-electron chi connectivity index (χ3n) is 4.10. The van der Waals surface area contributed by atoms with Crippen LogP contribution in [0, 0.1) is 11.7 Å². The van der Waals surface area contributed by atoms with E-state index in [1.54, 1.807) is 6.07 Å². The molecule has 0 amide bonds. The molecule has 0 heterocycles. The van der Waals surface area contributed by atoms with Gasteiger partial charge in [-0.25, -0.2) is 9.18 Å². The number of nitrogens with one attached hydrogen (secondary N) is 1. The van der Waals surface area contributed by atoms with Gasteiger partial charge < -0.3 is 10.1 Å². The second-order valence-electron chi connectivity index (χ2n) is 5.47. The Bertz CT molecular complexity index is 476. The molecule has 1 aromatic rings. The molecule has 2 atom stereocenters. The number of esters is 1. The Morgan fingerprint density at radius 2 is 2.25 bits per heavy atom. The predicted octanol–water partition coefficient (Wildman–Crippen LogP) is 3.99. The zero-order valence-corrected chi connectivity index (χ0v) is 12.1. The van der Waals surface area contributed by atoms with Gasteiger partial charge in [-0.1, -0.05) is 26.2 Å². The molecule has 0 saturated heterocycles. The smallest absolute Gasteiger partial charge is 0.340 e. The van der Waals surface area contributed by atoms with Gasteiger partial charge in [-0.05, 0) is 37.0 Å². The van der Waals surface area contributed by atoms with Gasteiger partial charge in [0.05, 0.1) is 12.7 Å². The van der Waals surface area contributed by atoms with Crippen molar-refractivity contribution in [1.82, 2.24) is 0 Å². The first-order valence-electron chi connectivity index (χ1n) is 7.28.